The van der Waals surface area contributed by atoms with Crippen LogP contribution < -0.4 is 16.8 Å². The van der Waals surface area contributed by atoms with E-state index in [1.807, 2.05) is 24.3 Å². The molecule has 3 aromatic rings. The van der Waals surface area contributed by atoms with E-state index < -0.39 is 0 Å². The molecule has 0 atom stereocenters. The first kappa shape index (κ1) is 30.5. The van der Waals surface area contributed by atoms with Gasteiger partial charge in [-0.15, -0.1) is 0 Å². The molecule has 0 spiro atoms. The summed E-state index contributed by atoms with van der Waals surface area (Å²) in [4.78, 5) is 10.8. The minimum absolute atomic E-state index is 0.0217. The fourth-order valence-corrected chi connectivity index (χ4v) is 3.73. The first-order chi connectivity index (χ1) is 18.3. The molecule has 38 heavy (non-hydrogen) atoms. The van der Waals surface area contributed by atoms with Gasteiger partial charge in [-0.05, 0) is 41.8 Å². The predicted molar refractivity (Wildman–Crippen MR) is 141 cm³/mol. The maximum absolute atomic E-state index is 10.4. The molecule has 2 aromatic carbocycles. The van der Waals surface area contributed by atoms with Gasteiger partial charge in [0.25, 0.3) is 0 Å². The van der Waals surface area contributed by atoms with Crippen molar-refractivity contribution in [3.05, 3.63) is 57.6 Å². The highest BCUT2D eigenvalue weighted by Crippen LogP contribution is 2.30. The number of aromatic hydroxyl groups is 2. The van der Waals surface area contributed by atoms with E-state index in [0.717, 1.165) is 33.4 Å². The van der Waals surface area contributed by atoms with Crippen molar-refractivity contribution in [3.63, 3.8) is 0 Å². The van der Waals surface area contributed by atoms with Gasteiger partial charge in [0.2, 0.25) is 17.8 Å². The SMILES string of the molecule is COCc1cc(Cc2cc(COC)c(O)c(COC)c2)cc(COC)c1O.Nc1nc(N)nc(NCO)n1. The number of phenolic OH excluding ortho intramolecular Hbond substituents is 2. The van der Waals surface area contributed by atoms with Crippen LogP contribution in [0.5, 0.6) is 11.5 Å². The fraction of sp³-hybridized carbons (Fsp3) is 0.400. The average molecular weight is 533 g/mol. The number of benzene rings is 2. The predicted octanol–water partition coefficient (Wildman–Crippen LogP) is 1.67. The van der Waals surface area contributed by atoms with Crippen LogP contribution in [0.25, 0.3) is 0 Å². The number of hydrogen-bond donors (Lipinski definition) is 6. The Bertz CT molecular complexity index is 1040. The van der Waals surface area contributed by atoms with Gasteiger partial charge in [-0.1, -0.05) is 0 Å². The van der Waals surface area contributed by atoms with Crippen LogP contribution >= 0.6 is 0 Å². The van der Waals surface area contributed by atoms with E-state index in [-0.39, 0.29) is 36.1 Å². The highest BCUT2D eigenvalue weighted by atomic mass is 16.5. The Balaban J connectivity index is 0.000000384. The molecule has 0 aliphatic heterocycles. The molecule has 0 amide bonds. The maximum Gasteiger partial charge on any atom is 0.231 e. The van der Waals surface area contributed by atoms with Gasteiger partial charge >= 0.3 is 0 Å². The summed E-state index contributed by atoms with van der Waals surface area (Å²) in [6.07, 6.45) is 0.626. The van der Waals surface area contributed by atoms with Crippen molar-refractivity contribution in [2.45, 2.75) is 32.8 Å². The Labute approximate surface area is 221 Å². The Morgan fingerprint density at radius 3 is 1.29 bits per heavy atom. The lowest BCUT2D eigenvalue weighted by Gasteiger charge is -2.15. The lowest BCUT2D eigenvalue weighted by Crippen LogP contribution is -2.09. The number of aliphatic hydroxyl groups is 1. The molecule has 0 saturated heterocycles. The average Bonchev–Trinajstić information content (AvgIpc) is 2.85. The molecule has 0 aliphatic carbocycles. The van der Waals surface area contributed by atoms with Gasteiger partial charge in [0.1, 0.15) is 18.2 Å². The Hall–Kier alpha value is -3.75. The van der Waals surface area contributed by atoms with Crippen LogP contribution in [0.15, 0.2) is 24.3 Å². The molecule has 13 nitrogen and oxygen atoms in total. The van der Waals surface area contributed by atoms with Gasteiger partial charge in [-0.25, -0.2) is 0 Å². The lowest BCUT2D eigenvalue weighted by atomic mass is 9.96. The number of ether oxygens (including phenoxy) is 4. The second kappa shape index (κ2) is 15.5. The van der Waals surface area contributed by atoms with Crippen LogP contribution in [0.1, 0.15) is 33.4 Å². The molecular formula is C25H36N6O7. The summed E-state index contributed by atoms with van der Waals surface area (Å²) in [6.45, 7) is 0.986. The third-order valence-electron chi connectivity index (χ3n) is 5.17. The molecule has 0 aliphatic rings. The van der Waals surface area contributed by atoms with E-state index in [2.05, 4.69) is 20.3 Å². The lowest BCUT2D eigenvalue weighted by molar-refractivity contribution is 0.174. The molecule has 0 fully saturated rings. The number of rotatable bonds is 12. The van der Waals surface area contributed by atoms with Crippen LogP contribution in [0.3, 0.4) is 0 Å². The highest BCUT2D eigenvalue weighted by molar-refractivity contribution is 5.48. The van der Waals surface area contributed by atoms with Gasteiger partial charge in [0.05, 0.1) is 26.4 Å². The number of nitrogens with two attached hydrogens (primary N) is 2. The smallest absolute Gasteiger partial charge is 0.231 e. The third-order valence-corrected chi connectivity index (χ3v) is 5.17. The molecular weight excluding hydrogens is 496 g/mol. The topological polar surface area (TPSA) is 200 Å². The quantitative estimate of drug-likeness (QED) is 0.184. The summed E-state index contributed by atoms with van der Waals surface area (Å²) in [5.41, 5.74) is 15.4. The molecule has 0 saturated carbocycles. The van der Waals surface area contributed by atoms with E-state index in [0.29, 0.717) is 32.8 Å². The Kier molecular flexibility index (Phi) is 12.4. The molecule has 208 valence electrons. The monoisotopic (exact) mass is 532 g/mol. The number of aliphatic hydroxyl groups excluding tert-OH is 1. The zero-order valence-corrected chi connectivity index (χ0v) is 22.0. The van der Waals surface area contributed by atoms with Gasteiger partial charge in [0, 0.05) is 50.7 Å². The van der Waals surface area contributed by atoms with E-state index in [1.165, 1.54) is 0 Å². The fourth-order valence-electron chi connectivity index (χ4n) is 3.73. The normalized spacial score (nSPS) is 10.7. The number of aromatic nitrogens is 3. The van der Waals surface area contributed by atoms with Gasteiger partial charge in [0.15, 0.2) is 0 Å². The summed E-state index contributed by atoms with van der Waals surface area (Å²) in [6, 6.07) is 7.71. The minimum Gasteiger partial charge on any atom is -0.507 e. The van der Waals surface area contributed by atoms with Crippen LogP contribution in [0.2, 0.25) is 0 Å². The summed E-state index contributed by atoms with van der Waals surface area (Å²) in [5, 5.41) is 31.6. The Morgan fingerprint density at radius 1 is 0.658 bits per heavy atom. The van der Waals surface area contributed by atoms with Gasteiger partial charge in [-0.3, -0.25) is 0 Å². The molecule has 0 bridgehead atoms. The van der Waals surface area contributed by atoms with Crippen LogP contribution in [-0.2, 0) is 51.8 Å². The number of nitrogens with zero attached hydrogens (tertiary/aromatic N) is 3. The van der Waals surface area contributed by atoms with Crippen molar-refractivity contribution in [1.29, 1.82) is 0 Å². The molecule has 0 radical (unpaired) electrons. The van der Waals surface area contributed by atoms with E-state index in [1.54, 1.807) is 28.4 Å². The summed E-state index contributed by atoms with van der Waals surface area (Å²) < 4.78 is 20.8. The summed E-state index contributed by atoms with van der Waals surface area (Å²) in [7, 11) is 6.37. The summed E-state index contributed by atoms with van der Waals surface area (Å²) >= 11 is 0. The number of hydrogen-bond acceptors (Lipinski definition) is 13. The molecule has 8 N–H and O–H groups in total. The standard InChI is InChI=1S/C21H28O6.C4H8N6O/c1-24-10-16-6-14(7-17(11-25-2)20(16)22)5-15-8-18(12-26-3)21(23)19(9-15)13-27-4;5-2-8-3(6)10-4(9-2)7-1-11/h6-9,22-23H,5,10-13H2,1-4H3;11H,1H2,(H5,5,6,7,8,9,10). The zero-order valence-electron chi connectivity index (χ0n) is 22.0. The van der Waals surface area contributed by atoms with Gasteiger partial charge in [-0.2, -0.15) is 15.0 Å². The van der Waals surface area contributed by atoms with Crippen molar-refractivity contribution >= 4 is 17.8 Å². The number of anilines is 3. The van der Waals surface area contributed by atoms with Crippen molar-refractivity contribution < 1.29 is 34.3 Å². The van der Waals surface area contributed by atoms with E-state index >= 15 is 0 Å². The van der Waals surface area contributed by atoms with Crippen molar-refractivity contribution in [2.75, 3.05) is 52.0 Å². The number of nitrogen functional groups attached to an aromatic ring is 2. The second-order valence-electron chi connectivity index (χ2n) is 8.14. The highest BCUT2D eigenvalue weighted by Gasteiger charge is 2.14. The zero-order chi connectivity index (χ0) is 28.1. The first-order valence-electron chi connectivity index (χ1n) is 11.5. The summed E-state index contributed by atoms with van der Waals surface area (Å²) in [5.74, 6) is 0.612. The number of methoxy groups -OCH3 is 4. The van der Waals surface area contributed by atoms with Crippen LogP contribution in [-0.4, -0.2) is 65.4 Å². The van der Waals surface area contributed by atoms with Gasteiger partial charge < -0.3 is 51.1 Å². The second-order valence-corrected chi connectivity index (χ2v) is 8.14. The van der Waals surface area contributed by atoms with Crippen molar-refractivity contribution in [1.82, 2.24) is 15.0 Å². The number of phenols is 2. The maximum atomic E-state index is 10.4. The first-order valence-corrected chi connectivity index (χ1v) is 11.5. The van der Waals surface area contributed by atoms with Crippen molar-refractivity contribution in [3.8, 4) is 11.5 Å². The molecule has 13 heteroatoms. The van der Waals surface area contributed by atoms with Crippen LogP contribution in [0.4, 0.5) is 17.8 Å². The molecule has 3 rings (SSSR count). The minimum atomic E-state index is -0.275. The third kappa shape index (κ3) is 8.97. The number of nitrogens with one attached hydrogen (secondary N) is 1. The molecule has 1 aromatic heterocycles. The Morgan fingerprint density at radius 2 is 1.00 bits per heavy atom. The largest absolute Gasteiger partial charge is 0.507 e. The van der Waals surface area contributed by atoms with Crippen molar-refractivity contribution in [2.24, 2.45) is 0 Å². The van der Waals surface area contributed by atoms with Crippen LogP contribution in [0, 0.1) is 0 Å². The molecule has 1 heterocycles. The van der Waals surface area contributed by atoms with E-state index in [9.17, 15) is 10.2 Å². The van der Waals surface area contributed by atoms with E-state index in [4.69, 9.17) is 35.5 Å². The molecule has 0 unspecified atom stereocenters.